The third kappa shape index (κ3) is 3.67. The molecule has 3 rings (SSSR count). The highest BCUT2D eigenvalue weighted by atomic mass is 32.2. The third-order valence-electron chi connectivity index (χ3n) is 4.08. The maximum absolute atomic E-state index is 12.6. The highest BCUT2D eigenvalue weighted by Gasteiger charge is 2.30. The maximum Gasteiger partial charge on any atom is 0.247 e. The van der Waals surface area contributed by atoms with Crippen LogP contribution in [-0.4, -0.2) is 23.1 Å². The van der Waals surface area contributed by atoms with Gasteiger partial charge in [-0.15, -0.1) is 11.8 Å². The van der Waals surface area contributed by atoms with Gasteiger partial charge < -0.3 is 4.90 Å². The summed E-state index contributed by atoms with van der Waals surface area (Å²) in [7, 11) is 0. The van der Waals surface area contributed by atoms with Crippen LogP contribution in [0.3, 0.4) is 0 Å². The zero-order chi connectivity index (χ0) is 16.2. The average Bonchev–Trinajstić information content (AvgIpc) is 3.03. The minimum atomic E-state index is 0.0869. The molecule has 0 N–H and O–H groups in total. The lowest BCUT2D eigenvalue weighted by molar-refractivity contribution is -0.126. The van der Waals surface area contributed by atoms with Gasteiger partial charge in [-0.25, -0.2) is 0 Å². The molecule has 2 aromatic rings. The molecule has 0 spiro atoms. The molecule has 118 valence electrons. The summed E-state index contributed by atoms with van der Waals surface area (Å²) in [5.41, 5.74) is 4.82. The fourth-order valence-corrected chi connectivity index (χ4v) is 4.24. The number of rotatable bonds is 3. The van der Waals surface area contributed by atoms with Crippen LogP contribution in [0.1, 0.15) is 27.6 Å². The number of amides is 1. The molecule has 2 nitrogen and oxygen atoms in total. The first-order chi connectivity index (χ1) is 11.1. The van der Waals surface area contributed by atoms with Crippen molar-refractivity contribution in [1.29, 1.82) is 0 Å². The van der Waals surface area contributed by atoms with Crippen LogP contribution in [-0.2, 0) is 4.79 Å². The van der Waals surface area contributed by atoms with Gasteiger partial charge in [0.1, 0.15) is 5.37 Å². The van der Waals surface area contributed by atoms with Gasteiger partial charge >= 0.3 is 0 Å². The van der Waals surface area contributed by atoms with E-state index < -0.39 is 0 Å². The second-order valence-corrected chi connectivity index (χ2v) is 7.05. The zero-order valence-electron chi connectivity index (χ0n) is 13.5. The molecule has 1 heterocycles. The van der Waals surface area contributed by atoms with E-state index in [9.17, 15) is 4.79 Å². The lowest BCUT2D eigenvalue weighted by Crippen LogP contribution is -2.29. The van der Waals surface area contributed by atoms with E-state index in [4.69, 9.17) is 0 Å². The van der Waals surface area contributed by atoms with Crippen LogP contribution in [0.25, 0.3) is 6.08 Å². The molecular formula is C20H21NOS. The Hall–Kier alpha value is -2.00. The largest absolute Gasteiger partial charge is 0.322 e. The molecule has 0 radical (unpaired) electrons. The molecule has 0 bridgehead atoms. The molecule has 1 amide bonds. The number of thioether (sulfide) groups is 1. The molecule has 1 saturated heterocycles. The summed E-state index contributed by atoms with van der Waals surface area (Å²) in [6.45, 7) is 5.04. The van der Waals surface area contributed by atoms with Gasteiger partial charge in [-0.3, -0.25) is 4.79 Å². The summed E-state index contributed by atoms with van der Waals surface area (Å²) >= 11 is 1.84. The van der Waals surface area contributed by atoms with E-state index in [1.807, 2.05) is 53.1 Å². The van der Waals surface area contributed by atoms with Crippen LogP contribution >= 0.6 is 11.8 Å². The fourth-order valence-electron chi connectivity index (χ4n) is 2.88. The lowest BCUT2D eigenvalue weighted by Gasteiger charge is -2.24. The van der Waals surface area contributed by atoms with Crippen LogP contribution in [0.5, 0.6) is 0 Å². The number of carbonyl (C=O) groups is 1. The molecule has 1 aliphatic rings. The molecule has 1 unspecified atom stereocenters. The summed E-state index contributed by atoms with van der Waals surface area (Å²) in [5, 5.41) is 0.128. The summed E-state index contributed by atoms with van der Waals surface area (Å²) in [5.74, 6) is 1.08. The SMILES string of the molecule is Cc1ccc(C2SCCN2C(=O)/C=C/c2ccccc2)c(C)c1. The van der Waals surface area contributed by atoms with Gasteiger partial charge in [0.15, 0.2) is 0 Å². The quantitative estimate of drug-likeness (QED) is 0.770. The predicted octanol–water partition coefficient (Wildman–Crippen LogP) is 4.59. The molecule has 1 fully saturated rings. The minimum Gasteiger partial charge on any atom is -0.322 e. The van der Waals surface area contributed by atoms with Crippen LogP contribution < -0.4 is 0 Å². The zero-order valence-corrected chi connectivity index (χ0v) is 14.3. The van der Waals surface area contributed by atoms with E-state index in [0.717, 1.165) is 17.9 Å². The van der Waals surface area contributed by atoms with Gasteiger partial charge in [0.05, 0.1) is 0 Å². The number of benzene rings is 2. The first kappa shape index (κ1) is 15.9. The number of aryl methyl sites for hydroxylation is 2. The predicted molar refractivity (Wildman–Crippen MR) is 98.3 cm³/mol. The van der Waals surface area contributed by atoms with Gasteiger partial charge in [0.2, 0.25) is 5.91 Å². The number of hydrogen-bond acceptors (Lipinski definition) is 2. The molecule has 3 heteroatoms. The van der Waals surface area contributed by atoms with Crippen molar-refractivity contribution < 1.29 is 4.79 Å². The summed E-state index contributed by atoms with van der Waals surface area (Å²) in [4.78, 5) is 14.6. The van der Waals surface area contributed by atoms with E-state index in [2.05, 4.69) is 32.0 Å². The monoisotopic (exact) mass is 323 g/mol. The smallest absolute Gasteiger partial charge is 0.247 e. The van der Waals surface area contributed by atoms with Crippen molar-refractivity contribution in [2.45, 2.75) is 19.2 Å². The van der Waals surface area contributed by atoms with Gasteiger partial charge in [0.25, 0.3) is 0 Å². The van der Waals surface area contributed by atoms with E-state index in [0.29, 0.717) is 0 Å². The second-order valence-electron chi connectivity index (χ2n) is 5.86. The van der Waals surface area contributed by atoms with E-state index in [-0.39, 0.29) is 11.3 Å². The number of nitrogens with zero attached hydrogens (tertiary/aromatic N) is 1. The van der Waals surface area contributed by atoms with Gasteiger partial charge in [-0.1, -0.05) is 54.1 Å². The highest BCUT2D eigenvalue weighted by molar-refractivity contribution is 7.99. The lowest BCUT2D eigenvalue weighted by atomic mass is 10.0. The first-order valence-electron chi connectivity index (χ1n) is 7.87. The number of carbonyl (C=O) groups excluding carboxylic acids is 1. The van der Waals surface area contributed by atoms with E-state index >= 15 is 0 Å². The van der Waals surface area contributed by atoms with Crippen molar-refractivity contribution in [3.8, 4) is 0 Å². The van der Waals surface area contributed by atoms with Crippen molar-refractivity contribution >= 4 is 23.7 Å². The Morgan fingerprint density at radius 3 is 2.70 bits per heavy atom. The van der Waals surface area contributed by atoms with Crippen LogP contribution in [0.15, 0.2) is 54.6 Å². The Morgan fingerprint density at radius 1 is 1.17 bits per heavy atom. The Morgan fingerprint density at radius 2 is 1.96 bits per heavy atom. The topological polar surface area (TPSA) is 20.3 Å². The van der Waals surface area contributed by atoms with Gasteiger partial charge in [-0.05, 0) is 36.6 Å². The van der Waals surface area contributed by atoms with E-state index in [1.165, 1.54) is 16.7 Å². The Balaban J connectivity index is 1.78. The molecule has 1 atom stereocenters. The number of hydrogen-bond donors (Lipinski definition) is 0. The summed E-state index contributed by atoms with van der Waals surface area (Å²) in [6, 6.07) is 16.4. The Kier molecular flexibility index (Phi) is 4.87. The van der Waals surface area contributed by atoms with Crippen molar-refractivity contribution in [3.05, 3.63) is 76.9 Å². The highest BCUT2D eigenvalue weighted by Crippen LogP contribution is 2.39. The Labute approximate surface area is 142 Å². The van der Waals surface area contributed by atoms with Crippen molar-refractivity contribution in [3.63, 3.8) is 0 Å². The minimum absolute atomic E-state index is 0.0869. The molecule has 23 heavy (non-hydrogen) atoms. The van der Waals surface area contributed by atoms with E-state index in [1.54, 1.807) is 6.08 Å². The molecule has 1 aliphatic heterocycles. The van der Waals surface area contributed by atoms with Crippen LogP contribution in [0.2, 0.25) is 0 Å². The molecule has 0 aliphatic carbocycles. The second kappa shape index (κ2) is 7.05. The van der Waals surface area contributed by atoms with Crippen molar-refractivity contribution in [2.75, 3.05) is 12.3 Å². The average molecular weight is 323 g/mol. The van der Waals surface area contributed by atoms with Crippen LogP contribution in [0.4, 0.5) is 0 Å². The first-order valence-corrected chi connectivity index (χ1v) is 8.92. The fraction of sp³-hybridized carbons (Fsp3) is 0.250. The Bertz CT molecular complexity index is 724. The van der Waals surface area contributed by atoms with Crippen molar-refractivity contribution in [2.24, 2.45) is 0 Å². The van der Waals surface area contributed by atoms with Crippen molar-refractivity contribution in [1.82, 2.24) is 4.90 Å². The maximum atomic E-state index is 12.6. The summed E-state index contributed by atoms with van der Waals surface area (Å²) < 4.78 is 0. The summed E-state index contributed by atoms with van der Waals surface area (Å²) in [6.07, 6.45) is 3.59. The molecule has 0 aromatic heterocycles. The molecule has 2 aromatic carbocycles. The third-order valence-corrected chi connectivity index (χ3v) is 5.33. The molecular weight excluding hydrogens is 302 g/mol. The standard InChI is InChI=1S/C20H21NOS/c1-15-8-10-18(16(2)14-15)20-21(12-13-23-20)19(22)11-9-17-6-4-3-5-7-17/h3-11,14,20H,12-13H2,1-2H3/b11-9+. The van der Waals surface area contributed by atoms with Gasteiger partial charge in [-0.2, -0.15) is 0 Å². The normalized spacial score (nSPS) is 17.8. The van der Waals surface area contributed by atoms with Gasteiger partial charge in [0, 0.05) is 18.4 Å². The van der Waals surface area contributed by atoms with Crippen LogP contribution in [0, 0.1) is 13.8 Å². The molecule has 0 saturated carbocycles.